The molecule has 0 spiro atoms. The Balaban J connectivity index is 2.19. The first-order chi connectivity index (χ1) is 9.51. The first-order valence-electron chi connectivity index (χ1n) is 5.82. The molecule has 2 aromatic rings. The Hall–Kier alpha value is -1.86. The van der Waals surface area contributed by atoms with E-state index in [1.165, 1.54) is 13.2 Å². The number of aryl methyl sites for hydroxylation is 1. The highest BCUT2D eigenvalue weighted by Gasteiger charge is 2.15. The summed E-state index contributed by atoms with van der Waals surface area (Å²) in [6, 6.07) is 5.12. The average Bonchev–Trinajstić information content (AvgIpc) is 2.82. The van der Waals surface area contributed by atoms with Gasteiger partial charge in [0.25, 0.3) is 5.91 Å². The molecule has 3 N–H and O–H groups in total. The molecular formula is C13H14BrN3O3. The van der Waals surface area contributed by atoms with Crippen LogP contribution in [0.3, 0.4) is 0 Å². The molecule has 0 unspecified atom stereocenters. The van der Waals surface area contributed by atoms with Crippen LogP contribution in [0.1, 0.15) is 21.8 Å². The second kappa shape index (κ2) is 6.06. The fourth-order valence-electron chi connectivity index (χ4n) is 1.75. The predicted molar refractivity (Wildman–Crippen MR) is 78.5 cm³/mol. The number of halogens is 1. The SMILES string of the molecule is COCc1cc(C(=O)Nc2c(C)cc(Br)cc2N)no1. The highest BCUT2D eigenvalue weighted by atomic mass is 79.9. The molecule has 0 atom stereocenters. The van der Waals surface area contributed by atoms with E-state index in [1.54, 1.807) is 6.07 Å². The van der Waals surface area contributed by atoms with Gasteiger partial charge in [0, 0.05) is 17.6 Å². The van der Waals surface area contributed by atoms with E-state index in [0.717, 1.165) is 10.0 Å². The third kappa shape index (κ3) is 3.17. The van der Waals surface area contributed by atoms with Crippen molar-refractivity contribution >= 4 is 33.2 Å². The Bertz CT molecular complexity index is 617. The Labute approximate surface area is 124 Å². The van der Waals surface area contributed by atoms with Crippen molar-refractivity contribution in [3.8, 4) is 0 Å². The summed E-state index contributed by atoms with van der Waals surface area (Å²) in [6.45, 7) is 2.12. The van der Waals surface area contributed by atoms with Crippen LogP contribution in [0.5, 0.6) is 0 Å². The Kier molecular flexibility index (Phi) is 4.41. The summed E-state index contributed by atoms with van der Waals surface area (Å²) in [5.41, 5.74) is 7.97. The van der Waals surface area contributed by atoms with Crippen molar-refractivity contribution in [2.24, 2.45) is 0 Å². The van der Waals surface area contributed by atoms with Crippen LogP contribution >= 0.6 is 15.9 Å². The molecule has 2 rings (SSSR count). The van der Waals surface area contributed by atoms with Gasteiger partial charge < -0.3 is 20.3 Å². The lowest BCUT2D eigenvalue weighted by Gasteiger charge is -2.10. The van der Waals surface area contributed by atoms with Gasteiger partial charge in [-0.2, -0.15) is 0 Å². The average molecular weight is 340 g/mol. The number of benzene rings is 1. The van der Waals surface area contributed by atoms with Gasteiger partial charge in [-0.3, -0.25) is 4.79 Å². The summed E-state index contributed by atoms with van der Waals surface area (Å²) < 4.78 is 10.7. The van der Waals surface area contributed by atoms with E-state index in [2.05, 4.69) is 26.4 Å². The smallest absolute Gasteiger partial charge is 0.277 e. The molecule has 7 heteroatoms. The monoisotopic (exact) mass is 339 g/mol. The zero-order valence-corrected chi connectivity index (χ0v) is 12.7. The maximum absolute atomic E-state index is 12.1. The van der Waals surface area contributed by atoms with Gasteiger partial charge in [0.1, 0.15) is 6.61 Å². The van der Waals surface area contributed by atoms with E-state index >= 15 is 0 Å². The number of amides is 1. The van der Waals surface area contributed by atoms with Crippen molar-refractivity contribution in [1.29, 1.82) is 0 Å². The molecule has 0 bridgehead atoms. The van der Waals surface area contributed by atoms with Crippen LogP contribution in [0.15, 0.2) is 27.2 Å². The van der Waals surface area contributed by atoms with E-state index in [0.29, 0.717) is 17.1 Å². The highest BCUT2D eigenvalue weighted by molar-refractivity contribution is 9.10. The number of nitrogens with two attached hydrogens (primary N) is 1. The number of nitrogens with zero attached hydrogens (tertiary/aromatic N) is 1. The summed E-state index contributed by atoms with van der Waals surface area (Å²) >= 11 is 3.34. The van der Waals surface area contributed by atoms with Gasteiger partial charge in [0.15, 0.2) is 11.5 Å². The van der Waals surface area contributed by atoms with Gasteiger partial charge in [0.05, 0.1) is 11.4 Å². The number of hydrogen-bond donors (Lipinski definition) is 2. The number of methoxy groups -OCH3 is 1. The summed E-state index contributed by atoms with van der Waals surface area (Å²) in [5.74, 6) is 0.103. The molecule has 1 aromatic heterocycles. The van der Waals surface area contributed by atoms with Crippen LogP contribution in [-0.4, -0.2) is 18.2 Å². The summed E-state index contributed by atoms with van der Waals surface area (Å²) in [4.78, 5) is 12.1. The zero-order valence-electron chi connectivity index (χ0n) is 11.1. The van der Waals surface area contributed by atoms with Crippen LogP contribution in [0, 0.1) is 6.92 Å². The van der Waals surface area contributed by atoms with Crippen molar-refractivity contribution in [3.05, 3.63) is 39.7 Å². The highest BCUT2D eigenvalue weighted by Crippen LogP contribution is 2.28. The van der Waals surface area contributed by atoms with E-state index in [-0.39, 0.29) is 18.2 Å². The predicted octanol–water partition coefficient (Wildman–Crippen LogP) is 2.73. The molecule has 0 aliphatic heterocycles. The lowest BCUT2D eigenvalue weighted by atomic mass is 10.1. The molecule has 1 heterocycles. The zero-order chi connectivity index (χ0) is 14.7. The second-order valence-corrected chi connectivity index (χ2v) is 5.17. The lowest BCUT2D eigenvalue weighted by Crippen LogP contribution is -2.14. The minimum atomic E-state index is -0.381. The quantitative estimate of drug-likeness (QED) is 0.835. The van der Waals surface area contributed by atoms with E-state index in [4.69, 9.17) is 15.0 Å². The molecule has 106 valence electrons. The largest absolute Gasteiger partial charge is 0.397 e. The summed E-state index contributed by atoms with van der Waals surface area (Å²) in [6.07, 6.45) is 0. The van der Waals surface area contributed by atoms with Crippen molar-refractivity contribution in [2.75, 3.05) is 18.2 Å². The Morgan fingerprint density at radius 2 is 2.25 bits per heavy atom. The second-order valence-electron chi connectivity index (χ2n) is 4.25. The number of rotatable bonds is 4. The third-order valence-electron chi connectivity index (χ3n) is 2.65. The number of nitrogens with one attached hydrogen (secondary N) is 1. The van der Waals surface area contributed by atoms with Gasteiger partial charge in [-0.25, -0.2) is 0 Å². The molecule has 0 fully saturated rings. The number of nitrogen functional groups attached to an aromatic ring is 1. The number of anilines is 2. The maximum Gasteiger partial charge on any atom is 0.277 e. The molecule has 0 saturated heterocycles. The molecular weight excluding hydrogens is 326 g/mol. The standard InChI is InChI=1S/C13H14BrN3O3/c1-7-3-8(14)4-10(15)12(7)16-13(18)11-5-9(6-19-2)20-17-11/h3-5H,6,15H2,1-2H3,(H,16,18). The van der Waals surface area contributed by atoms with Crippen molar-refractivity contribution in [1.82, 2.24) is 5.16 Å². The van der Waals surface area contributed by atoms with Crippen molar-refractivity contribution in [2.45, 2.75) is 13.5 Å². The maximum atomic E-state index is 12.1. The first-order valence-corrected chi connectivity index (χ1v) is 6.62. The normalized spacial score (nSPS) is 10.6. The molecule has 0 saturated carbocycles. The summed E-state index contributed by atoms with van der Waals surface area (Å²) in [7, 11) is 1.54. The fraction of sp³-hybridized carbons (Fsp3) is 0.231. The van der Waals surface area contributed by atoms with E-state index in [9.17, 15) is 4.79 Å². The number of carbonyl (C=O) groups is 1. The molecule has 1 aromatic carbocycles. The number of carbonyl (C=O) groups excluding carboxylic acids is 1. The minimum Gasteiger partial charge on any atom is -0.397 e. The van der Waals surface area contributed by atoms with Gasteiger partial charge in [-0.1, -0.05) is 21.1 Å². The van der Waals surface area contributed by atoms with Crippen LogP contribution < -0.4 is 11.1 Å². The number of hydrogen-bond acceptors (Lipinski definition) is 5. The molecule has 0 aliphatic rings. The topological polar surface area (TPSA) is 90.4 Å². The first kappa shape index (κ1) is 14.5. The van der Waals surface area contributed by atoms with Gasteiger partial charge in [0.2, 0.25) is 0 Å². The van der Waals surface area contributed by atoms with Crippen LogP contribution in [0.25, 0.3) is 0 Å². The molecule has 0 radical (unpaired) electrons. The van der Waals surface area contributed by atoms with Crippen molar-refractivity contribution in [3.63, 3.8) is 0 Å². The third-order valence-corrected chi connectivity index (χ3v) is 3.11. The Morgan fingerprint density at radius 3 is 2.90 bits per heavy atom. The van der Waals surface area contributed by atoms with E-state index in [1.807, 2.05) is 13.0 Å². The Morgan fingerprint density at radius 1 is 1.50 bits per heavy atom. The van der Waals surface area contributed by atoms with Crippen LogP contribution in [0.4, 0.5) is 11.4 Å². The van der Waals surface area contributed by atoms with Gasteiger partial charge >= 0.3 is 0 Å². The fourth-order valence-corrected chi connectivity index (χ4v) is 2.34. The molecule has 0 aliphatic carbocycles. The van der Waals surface area contributed by atoms with Crippen LogP contribution in [0.2, 0.25) is 0 Å². The number of aromatic nitrogens is 1. The number of ether oxygens (including phenoxy) is 1. The van der Waals surface area contributed by atoms with E-state index < -0.39 is 0 Å². The molecule has 1 amide bonds. The van der Waals surface area contributed by atoms with Crippen LogP contribution in [-0.2, 0) is 11.3 Å². The van der Waals surface area contributed by atoms with Gasteiger partial charge in [-0.15, -0.1) is 0 Å². The molecule has 20 heavy (non-hydrogen) atoms. The summed E-state index contributed by atoms with van der Waals surface area (Å²) in [5, 5.41) is 6.42. The lowest BCUT2D eigenvalue weighted by molar-refractivity contribution is 0.101. The van der Waals surface area contributed by atoms with Crippen molar-refractivity contribution < 1.29 is 14.1 Å². The van der Waals surface area contributed by atoms with Gasteiger partial charge in [-0.05, 0) is 24.6 Å². The molecule has 6 nitrogen and oxygen atoms in total. The minimum absolute atomic E-state index is 0.179.